The van der Waals surface area contributed by atoms with Crippen molar-refractivity contribution in [3.8, 4) is 23.0 Å². The maximum absolute atomic E-state index is 12.6. The average molecular weight is 380 g/mol. The van der Waals surface area contributed by atoms with Crippen LogP contribution in [0, 0.1) is 0 Å². The lowest BCUT2D eigenvalue weighted by Gasteiger charge is -2.04. The number of aromatic nitrogens is 7. The number of anilines is 1. The predicted molar refractivity (Wildman–Crippen MR) is 96.8 cm³/mol. The molecule has 0 aliphatic carbocycles. The van der Waals surface area contributed by atoms with Gasteiger partial charge in [-0.15, -0.1) is 16.4 Å². The van der Waals surface area contributed by atoms with Crippen molar-refractivity contribution < 1.29 is 9.53 Å². The van der Waals surface area contributed by atoms with Crippen LogP contribution in [0.15, 0.2) is 48.5 Å². The summed E-state index contributed by atoms with van der Waals surface area (Å²) in [6, 6.07) is 3.59. The van der Waals surface area contributed by atoms with Gasteiger partial charge in [0.15, 0.2) is 16.6 Å². The molecule has 0 aliphatic rings. The molecule has 0 unspecified atom stereocenters. The zero-order chi connectivity index (χ0) is 18.6. The number of pyridine rings is 1. The zero-order valence-electron chi connectivity index (χ0n) is 14.0. The molecule has 0 atom stereocenters. The molecule has 10 nitrogen and oxygen atoms in total. The summed E-state index contributed by atoms with van der Waals surface area (Å²) in [5, 5.41) is 12.6. The fourth-order valence-electron chi connectivity index (χ4n) is 2.22. The molecular weight excluding hydrogens is 368 g/mol. The number of nitrogens with zero attached hydrogens (tertiary/aromatic N) is 7. The van der Waals surface area contributed by atoms with Gasteiger partial charge in [0.2, 0.25) is 0 Å². The van der Waals surface area contributed by atoms with Crippen molar-refractivity contribution in [3.05, 3.63) is 54.2 Å². The minimum Gasteiger partial charge on any atom is -0.495 e. The summed E-state index contributed by atoms with van der Waals surface area (Å²) in [7, 11) is 1.58. The number of methoxy groups -OCH3 is 1. The highest BCUT2D eigenvalue weighted by atomic mass is 32.1. The van der Waals surface area contributed by atoms with E-state index in [4.69, 9.17) is 4.74 Å². The number of ether oxygens (including phenoxy) is 1. The molecule has 1 N–H and O–H groups in total. The summed E-state index contributed by atoms with van der Waals surface area (Å²) in [6.45, 7) is 0. The molecule has 134 valence electrons. The lowest BCUT2D eigenvalue weighted by Crippen LogP contribution is -2.17. The largest absolute Gasteiger partial charge is 0.495 e. The fraction of sp³-hybridized carbons (Fsp3) is 0.0625. The molecule has 4 rings (SSSR count). The smallest absolute Gasteiger partial charge is 0.277 e. The molecule has 4 heterocycles. The van der Waals surface area contributed by atoms with Gasteiger partial charge < -0.3 is 4.74 Å². The Morgan fingerprint density at radius 2 is 2.07 bits per heavy atom. The topological polar surface area (TPSA) is 121 Å². The summed E-state index contributed by atoms with van der Waals surface area (Å²) in [6.07, 6.45) is 7.49. The third kappa shape index (κ3) is 3.48. The highest BCUT2D eigenvalue weighted by Crippen LogP contribution is 2.25. The van der Waals surface area contributed by atoms with E-state index in [2.05, 4.69) is 35.6 Å². The van der Waals surface area contributed by atoms with E-state index in [0.29, 0.717) is 28.1 Å². The number of hydrogen-bond donors (Lipinski definition) is 1. The highest BCUT2D eigenvalue weighted by Gasteiger charge is 2.17. The summed E-state index contributed by atoms with van der Waals surface area (Å²) in [5.41, 5.74) is 1.55. The number of carbonyl (C=O) groups is 1. The second kappa shape index (κ2) is 7.25. The monoisotopic (exact) mass is 380 g/mol. The normalized spacial score (nSPS) is 10.6. The Hall–Kier alpha value is -3.73. The number of thiazole rings is 1. The fourth-order valence-corrected chi connectivity index (χ4v) is 2.92. The first kappa shape index (κ1) is 16.7. The summed E-state index contributed by atoms with van der Waals surface area (Å²) in [5.74, 6) is 0.643. The molecule has 0 saturated carbocycles. The Labute approximate surface area is 156 Å². The van der Waals surface area contributed by atoms with E-state index in [1.54, 1.807) is 25.4 Å². The van der Waals surface area contributed by atoms with Crippen LogP contribution in [0.4, 0.5) is 5.13 Å². The number of rotatable bonds is 5. The van der Waals surface area contributed by atoms with Crippen LogP contribution in [-0.4, -0.2) is 47.9 Å². The third-order valence-electron chi connectivity index (χ3n) is 3.51. The van der Waals surface area contributed by atoms with Gasteiger partial charge in [-0.1, -0.05) is 5.21 Å². The van der Waals surface area contributed by atoms with Gasteiger partial charge in [-0.3, -0.25) is 20.1 Å². The van der Waals surface area contributed by atoms with Crippen molar-refractivity contribution in [2.75, 3.05) is 12.4 Å². The number of hydrogen-bond acceptors (Lipinski definition) is 9. The summed E-state index contributed by atoms with van der Waals surface area (Å²) in [4.78, 5) is 29.3. The second-order valence-corrected chi connectivity index (χ2v) is 6.03. The maximum Gasteiger partial charge on any atom is 0.277 e. The lowest BCUT2D eigenvalue weighted by molar-refractivity contribution is 0.101. The van der Waals surface area contributed by atoms with Crippen LogP contribution in [0.25, 0.3) is 17.2 Å². The Morgan fingerprint density at radius 1 is 1.15 bits per heavy atom. The van der Waals surface area contributed by atoms with Crippen LogP contribution in [0.2, 0.25) is 0 Å². The van der Waals surface area contributed by atoms with E-state index in [0.717, 1.165) is 0 Å². The van der Waals surface area contributed by atoms with Crippen molar-refractivity contribution in [2.45, 2.75) is 0 Å². The number of amides is 1. The summed E-state index contributed by atoms with van der Waals surface area (Å²) >= 11 is 1.29. The molecule has 27 heavy (non-hydrogen) atoms. The average Bonchev–Trinajstić information content (AvgIpc) is 3.38. The molecule has 4 aromatic heterocycles. The molecule has 0 saturated heterocycles. The molecule has 11 heteroatoms. The SMILES string of the molecule is COc1ccc(-c2csc(NC(=O)c3cnnn3-c3cnccn3)n2)nc1. The molecule has 0 fully saturated rings. The predicted octanol–water partition coefficient (Wildman–Crippen LogP) is 1.84. The van der Waals surface area contributed by atoms with Gasteiger partial charge in [0, 0.05) is 17.8 Å². The first-order valence-corrected chi connectivity index (χ1v) is 8.57. The van der Waals surface area contributed by atoms with Gasteiger partial charge in [-0.05, 0) is 12.1 Å². The van der Waals surface area contributed by atoms with Crippen LogP contribution in [-0.2, 0) is 0 Å². The Kier molecular flexibility index (Phi) is 4.49. The maximum atomic E-state index is 12.6. The van der Waals surface area contributed by atoms with Crippen LogP contribution < -0.4 is 10.1 Å². The van der Waals surface area contributed by atoms with Gasteiger partial charge in [0.1, 0.15) is 11.4 Å². The minimum absolute atomic E-state index is 0.217. The lowest BCUT2D eigenvalue weighted by atomic mass is 10.3. The Morgan fingerprint density at radius 3 is 2.81 bits per heavy atom. The van der Waals surface area contributed by atoms with E-state index in [-0.39, 0.29) is 5.69 Å². The molecule has 4 aromatic rings. The van der Waals surface area contributed by atoms with Gasteiger partial charge in [-0.25, -0.2) is 9.97 Å². The van der Waals surface area contributed by atoms with Gasteiger partial charge in [0.05, 0.1) is 31.4 Å². The Bertz CT molecular complexity index is 1060. The molecule has 0 aliphatic heterocycles. The van der Waals surface area contributed by atoms with E-state index in [9.17, 15) is 4.79 Å². The van der Waals surface area contributed by atoms with Crippen molar-refractivity contribution in [1.29, 1.82) is 0 Å². The van der Waals surface area contributed by atoms with Crippen LogP contribution in [0.3, 0.4) is 0 Å². The molecule has 1 amide bonds. The van der Waals surface area contributed by atoms with Crippen molar-refractivity contribution in [3.63, 3.8) is 0 Å². The first-order valence-electron chi connectivity index (χ1n) is 7.69. The van der Waals surface area contributed by atoms with E-state index in [1.165, 1.54) is 40.8 Å². The van der Waals surface area contributed by atoms with Crippen LogP contribution >= 0.6 is 11.3 Å². The molecule has 0 radical (unpaired) electrons. The van der Waals surface area contributed by atoms with Crippen LogP contribution in [0.1, 0.15) is 10.5 Å². The van der Waals surface area contributed by atoms with Gasteiger partial charge in [0.25, 0.3) is 5.91 Å². The molecule has 0 spiro atoms. The molecule has 0 bridgehead atoms. The number of carbonyl (C=O) groups excluding carboxylic acids is 1. The van der Waals surface area contributed by atoms with Crippen LogP contribution in [0.5, 0.6) is 5.75 Å². The molecule has 0 aromatic carbocycles. The van der Waals surface area contributed by atoms with E-state index in [1.807, 2.05) is 5.38 Å². The third-order valence-corrected chi connectivity index (χ3v) is 4.27. The summed E-state index contributed by atoms with van der Waals surface area (Å²) < 4.78 is 6.40. The Balaban J connectivity index is 1.53. The second-order valence-electron chi connectivity index (χ2n) is 5.17. The van der Waals surface area contributed by atoms with Crippen molar-refractivity contribution >= 4 is 22.4 Å². The van der Waals surface area contributed by atoms with Gasteiger partial charge in [-0.2, -0.15) is 4.68 Å². The van der Waals surface area contributed by atoms with E-state index < -0.39 is 5.91 Å². The van der Waals surface area contributed by atoms with E-state index >= 15 is 0 Å². The molecular formula is C16H12N8O2S. The highest BCUT2D eigenvalue weighted by molar-refractivity contribution is 7.14. The van der Waals surface area contributed by atoms with Gasteiger partial charge >= 0.3 is 0 Å². The van der Waals surface area contributed by atoms with Crippen molar-refractivity contribution in [1.82, 2.24) is 34.9 Å². The quantitative estimate of drug-likeness (QED) is 0.557. The number of nitrogens with one attached hydrogen (secondary N) is 1. The zero-order valence-corrected chi connectivity index (χ0v) is 14.8. The standard InChI is InChI=1S/C16H12N8O2S/c1-26-10-2-3-11(19-6-10)12-9-27-16(21-12)22-15(25)13-7-20-23-24(13)14-8-17-4-5-18-14/h2-9H,1H3,(H,21,22,25). The van der Waals surface area contributed by atoms with Crippen molar-refractivity contribution in [2.24, 2.45) is 0 Å². The minimum atomic E-state index is -0.408. The first-order chi connectivity index (χ1) is 13.2.